The van der Waals surface area contributed by atoms with Gasteiger partial charge in [-0.15, -0.1) is 0 Å². The first-order valence-electron chi connectivity index (χ1n) is 9.45. The molecule has 0 radical (unpaired) electrons. The van der Waals surface area contributed by atoms with Crippen LogP contribution in [0.2, 0.25) is 0 Å². The average molecular weight is 361 g/mol. The van der Waals surface area contributed by atoms with E-state index in [1.54, 1.807) is 6.20 Å². The number of aryl methyl sites for hydroxylation is 1. The third-order valence-corrected chi connectivity index (χ3v) is 4.87. The molecule has 27 heavy (non-hydrogen) atoms. The molecule has 1 atom stereocenters. The number of fused-ring (bicyclic) bond motifs is 1. The van der Waals surface area contributed by atoms with E-state index in [9.17, 15) is 5.26 Å². The highest BCUT2D eigenvalue weighted by Crippen LogP contribution is 2.32. The maximum atomic E-state index is 9.69. The summed E-state index contributed by atoms with van der Waals surface area (Å²) in [5.41, 5.74) is 11.7. The number of benzene rings is 1. The van der Waals surface area contributed by atoms with Crippen LogP contribution >= 0.6 is 0 Å². The van der Waals surface area contributed by atoms with Gasteiger partial charge in [-0.3, -0.25) is 4.99 Å². The second-order valence-electron chi connectivity index (χ2n) is 7.26. The maximum absolute atomic E-state index is 9.69. The Morgan fingerprint density at radius 1 is 1.41 bits per heavy atom. The number of nitrogens with zero attached hydrogens (tertiary/aromatic N) is 2. The number of aromatic amines is 1. The van der Waals surface area contributed by atoms with Crippen molar-refractivity contribution < 1.29 is 0 Å². The first kappa shape index (κ1) is 18.9. The van der Waals surface area contributed by atoms with Crippen molar-refractivity contribution in [1.82, 2.24) is 15.8 Å². The summed E-state index contributed by atoms with van der Waals surface area (Å²) < 4.78 is 0. The summed E-state index contributed by atoms with van der Waals surface area (Å²) >= 11 is 0. The fraction of sp³-hybridized carbons (Fsp3) is 0.364. The normalized spacial score (nSPS) is 16.7. The maximum Gasteiger partial charge on any atom is 0.102 e. The molecule has 1 aromatic heterocycles. The fourth-order valence-electron chi connectivity index (χ4n) is 3.11. The number of nitrogens with one attached hydrogen (secondary N) is 3. The van der Waals surface area contributed by atoms with Gasteiger partial charge in [0, 0.05) is 28.8 Å². The van der Waals surface area contributed by atoms with Crippen molar-refractivity contribution in [1.29, 1.82) is 5.26 Å². The predicted molar refractivity (Wildman–Crippen MR) is 111 cm³/mol. The van der Waals surface area contributed by atoms with Crippen LogP contribution in [0.1, 0.15) is 50.4 Å². The number of hydrazine groups is 1. The van der Waals surface area contributed by atoms with Crippen molar-refractivity contribution in [2.45, 2.75) is 46.6 Å². The molecule has 1 saturated carbocycles. The van der Waals surface area contributed by atoms with Gasteiger partial charge in [-0.25, -0.2) is 5.43 Å². The summed E-state index contributed by atoms with van der Waals surface area (Å²) in [5.74, 6) is 0.778. The van der Waals surface area contributed by atoms with Crippen molar-refractivity contribution in [3.05, 3.63) is 59.1 Å². The lowest BCUT2D eigenvalue weighted by Gasteiger charge is -2.14. The summed E-state index contributed by atoms with van der Waals surface area (Å²) in [5, 5.41) is 10.6. The van der Waals surface area contributed by atoms with E-state index in [0.717, 1.165) is 39.5 Å². The largest absolute Gasteiger partial charge is 0.352 e. The Labute approximate surface area is 160 Å². The topological polar surface area (TPSA) is 76.0 Å². The summed E-state index contributed by atoms with van der Waals surface area (Å²) in [6.07, 6.45) is 8.25. The van der Waals surface area contributed by atoms with Crippen LogP contribution in [0.15, 0.2) is 47.2 Å². The number of aromatic nitrogens is 1. The number of rotatable bonds is 7. The monoisotopic (exact) mass is 361 g/mol. The van der Waals surface area contributed by atoms with Crippen molar-refractivity contribution in [2.75, 3.05) is 0 Å². The van der Waals surface area contributed by atoms with Gasteiger partial charge in [0.1, 0.15) is 6.07 Å². The van der Waals surface area contributed by atoms with E-state index in [-0.39, 0.29) is 0 Å². The van der Waals surface area contributed by atoms with Crippen molar-refractivity contribution in [3.63, 3.8) is 0 Å². The molecular formula is C22H27N5. The van der Waals surface area contributed by atoms with Crippen LogP contribution in [0.4, 0.5) is 0 Å². The van der Waals surface area contributed by atoms with Gasteiger partial charge in [-0.1, -0.05) is 18.2 Å². The third kappa shape index (κ3) is 4.47. The van der Waals surface area contributed by atoms with E-state index >= 15 is 0 Å². The van der Waals surface area contributed by atoms with Gasteiger partial charge in [-0.2, -0.15) is 5.26 Å². The van der Waals surface area contributed by atoms with Crippen LogP contribution in [0, 0.1) is 24.2 Å². The molecule has 0 bridgehead atoms. The SMILES string of the molecule is C\C=C/C(=N\C=C(/C)NN[C@@H](C)C1CC1)c1[nH]c2cc(C)ccc2c1C#N. The zero-order valence-corrected chi connectivity index (χ0v) is 16.4. The number of nitriles is 1. The van der Waals surface area contributed by atoms with E-state index in [2.05, 4.69) is 39.9 Å². The number of H-pyrrole nitrogens is 1. The Hall–Kier alpha value is -2.84. The third-order valence-electron chi connectivity index (χ3n) is 4.87. The summed E-state index contributed by atoms with van der Waals surface area (Å²) in [6, 6.07) is 8.85. The molecule has 140 valence electrons. The highest BCUT2D eigenvalue weighted by atomic mass is 15.4. The van der Waals surface area contributed by atoms with Gasteiger partial charge in [0.2, 0.25) is 0 Å². The molecular weight excluding hydrogens is 334 g/mol. The van der Waals surface area contributed by atoms with E-state index in [1.807, 2.05) is 45.1 Å². The summed E-state index contributed by atoms with van der Waals surface area (Å²) in [7, 11) is 0. The molecule has 0 spiro atoms. The molecule has 0 aliphatic heterocycles. The highest BCUT2D eigenvalue weighted by molar-refractivity contribution is 6.12. The Bertz CT molecular complexity index is 951. The lowest BCUT2D eigenvalue weighted by molar-refractivity contribution is 0.449. The number of aliphatic imine (C=N–C) groups is 1. The molecule has 0 unspecified atom stereocenters. The molecule has 5 heteroatoms. The molecule has 1 aliphatic carbocycles. The molecule has 3 N–H and O–H groups in total. The zero-order valence-electron chi connectivity index (χ0n) is 16.4. The molecule has 1 fully saturated rings. The molecule has 1 aliphatic rings. The molecule has 5 nitrogen and oxygen atoms in total. The molecule has 1 aromatic carbocycles. The minimum absolute atomic E-state index is 0.453. The smallest absolute Gasteiger partial charge is 0.102 e. The predicted octanol–water partition coefficient (Wildman–Crippen LogP) is 4.47. The van der Waals surface area contributed by atoms with Crippen LogP contribution in [0.3, 0.4) is 0 Å². The minimum Gasteiger partial charge on any atom is -0.352 e. The van der Waals surface area contributed by atoms with Gasteiger partial charge in [0.25, 0.3) is 0 Å². The van der Waals surface area contributed by atoms with Gasteiger partial charge < -0.3 is 10.4 Å². The van der Waals surface area contributed by atoms with Gasteiger partial charge in [-0.05, 0) is 64.2 Å². The van der Waals surface area contributed by atoms with Crippen LogP contribution in [-0.2, 0) is 0 Å². The average Bonchev–Trinajstić information content (AvgIpc) is 3.44. The molecule has 2 aromatic rings. The van der Waals surface area contributed by atoms with E-state index < -0.39 is 0 Å². The Kier molecular flexibility index (Phi) is 5.78. The fourth-order valence-corrected chi connectivity index (χ4v) is 3.11. The Morgan fingerprint density at radius 3 is 2.85 bits per heavy atom. The quantitative estimate of drug-likeness (QED) is 0.503. The molecule has 0 amide bonds. The lowest BCUT2D eigenvalue weighted by atomic mass is 10.1. The lowest BCUT2D eigenvalue weighted by Crippen LogP contribution is -2.39. The standard InChI is InChI=1S/C22H27N5/c1-5-6-20(24-13-15(3)26-27-16(4)17-8-9-17)22-19(12-23)18-10-7-14(2)11-21(18)25-22/h5-7,10-11,13,16-17,25-27H,8-9H2,1-4H3/b6-5-,15-13+,24-20+/t16-/m0/s1. The Balaban J connectivity index is 1.88. The number of hydrogen-bond acceptors (Lipinski definition) is 4. The molecule has 0 saturated heterocycles. The number of hydrogen-bond donors (Lipinski definition) is 3. The second-order valence-corrected chi connectivity index (χ2v) is 7.26. The van der Waals surface area contributed by atoms with Crippen LogP contribution < -0.4 is 10.9 Å². The number of allylic oxidation sites excluding steroid dienone is 3. The summed E-state index contributed by atoms with van der Waals surface area (Å²) in [4.78, 5) is 8.00. The van der Waals surface area contributed by atoms with E-state index in [1.165, 1.54) is 12.8 Å². The molecule has 3 rings (SSSR count). The van der Waals surface area contributed by atoms with E-state index in [0.29, 0.717) is 11.6 Å². The first-order valence-corrected chi connectivity index (χ1v) is 9.45. The van der Waals surface area contributed by atoms with Gasteiger partial charge in [0.15, 0.2) is 0 Å². The van der Waals surface area contributed by atoms with Crippen LogP contribution in [-0.4, -0.2) is 16.7 Å². The van der Waals surface area contributed by atoms with Crippen LogP contribution in [0.5, 0.6) is 0 Å². The second kappa shape index (κ2) is 8.24. The first-order chi connectivity index (χ1) is 13.0. The summed E-state index contributed by atoms with van der Waals surface area (Å²) in [6.45, 7) is 8.16. The van der Waals surface area contributed by atoms with Crippen molar-refractivity contribution in [2.24, 2.45) is 10.9 Å². The van der Waals surface area contributed by atoms with Crippen molar-refractivity contribution >= 4 is 16.6 Å². The van der Waals surface area contributed by atoms with Gasteiger partial charge >= 0.3 is 0 Å². The highest BCUT2D eigenvalue weighted by Gasteiger charge is 2.27. The zero-order chi connectivity index (χ0) is 19.4. The Morgan fingerprint density at radius 2 is 2.19 bits per heavy atom. The van der Waals surface area contributed by atoms with E-state index in [4.69, 9.17) is 0 Å². The van der Waals surface area contributed by atoms with Gasteiger partial charge in [0.05, 0.1) is 17.0 Å². The molecule has 1 heterocycles. The minimum atomic E-state index is 0.453. The van der Waals surface area contributed by atoms with Crippen LogP contribution in [0.25, 0.3) is 10.9 Å². The van der Waals surface area contributed by atoms with Crippen molar-refractivity contribution in [3.8, 4) is 6.07 Å².